The van der Waals surface area contributed by atoms with Crippen molar-refractivity contribution in [2.24, 2.45) is 0 Å². The Labute approximate surface area is 134 Å². The lowest BCUT2D eigenvalue weighted by Crippen LogP contribution is -2.32. The molecule has 0 fully saturated rings. The summed E-state index contributed by atoms with van der Waals surface area (Å²) in [5.41, 5.74) is 0.979. The summed E-state index contributed by atoms with van der Waals surface area (Å²) in [5, 5.41) is 6.89. The number of ether oxygens (including phenoxy) is 1. The van der Waals surface area contributed by atoms with Crippen molar-refractivity contribution in [3.63, 3.8) is 0 Å². The zero-order valence-corrected chi connectivity index (χ0v) is 13.4. The quantitative estimate of drug-likeness (QED) is 0.741. The number of rotatable bonds is 6. The van der Waals surface area contributed by atoms with Gasteiger partial charge in [0, 0.05) is 30.1 Å². The fourth-order valence-corrected chi connectivity index (χ4v) is 3.37. The molecule has 7 nitrogen and oxygen atoms in total. The lowest BCUT2D eigenvalue weighted by atomic mass is 10.2. The molecule has 1 atom stereocenters. The van der Waals surface area contributed by atoms with Gasteiger partial charge in [0.1, 0.15) is 0 Å². The summed E-state index contributed by atoms with van der Waals surface area (Å²) in [6.45, 7) is 0.372. The number of amides is 1. The van der Waals surface area contributed by atoms with Gasteiger partial charge in [0.2, 0.25) is 5.91 Å². The largest absolute Gasteiger partial charge is 0.465 e. The van der Waals surface area contributed by atoms with E-state index < -0.39 is 15.8 Å². The highest BCUT2D eigenvalue weighted by molar-refractivity contribution is 7.94. The average Bonchev–Trinajstić information content (AvgIpc) is 2.86. The Hall–Kier alpha value is -2.19. The highest BCUT2D eigenvalue weighted by Gasteiger charge is 2.20. The number of methoxy groups -OCH3 is 1. The molecule has 1 aliphatic rings. The van der Waals surface area contributed by atoms with Crippen LogP contribution >= 0.6 is 0 Å². The van der Waals surface area contributed by atoms with Gasteiger partial charge in [0.25, 0.3) is 0 Å². The molecule has 1 aromatic carbocycles. The van der Waals surface area contributed by atoms with Gasteiger partial charge in [-0.2, -0.15) is 0 Å². The molecule has 1 heterocycles. The minimum absolute atomic E-state index is 0.0314. The zero-order chi connectivity index (χ0) is 16.9. The van der Waals surface area contributed by atoms with E-state index in [1.54, 1.807) is 30.3 Å². The van der Waals surface area contributed by atoms with Gasteiger partial charge in [-0.05, 0) is 24.3 Å². The number of hydrogen-bond acceptors (Lipinski definition) is 6. The summed E-state index contributed by atoms with van der Waals surface area (Å²) in [7, 11) is -1.79. The molecule has 2 N–H and O–H groups in total. The Bertz CT molecular complexity index is 710. The lowest BCUT2D eigenvalue weighted by molar-refractivity contribution is -0.116. The standard InChI is InChI=1S/C15H18N2O5S/c1-22-15(19)11-2-4-12(5-3-11)17-14(18)6-8-16-13-7-9-23(20,21)10-13/h2-5,7,9,13,16H,6,8,10H2,1H3,(H,17,18)/t13-/m0/s1. The number of anilines is 1. The first-order valence-electron chi connectivity index (χ1n) is 7.02. The molecule has 1 aromatic rings. The number of benzene rings is 1. The predicted molar refractivity (Wildman–Crippen MR) is 85.7 cm³/mol. The summed E-state index contributed by atoms with van der Waals surface area (Å²) < 4.78 is 27.1. The number of hydrogen-bond donors (Lipinski definition) is 2. The van der Waals surface area contributed by atoms with Crippen molar-refractivity contribution in [2.45, 2.75) is 12.5 Å². The maximum Gasteiger partial charge on any atom is 0.337 e. The van der Waals surface area contributed by atoms with E-state index in [4.69, 9.17) is 0 Å². The van der Waals surface area contributed by atoms with E-state index in [-0.39, 0.29) is 24.1 Å². The topological polar surface area (TPSA) is 102 Å². The molecule has 1 amide bonds. The molecule has 0 unspecified atom stereocenters. The van der Waals surface area contributed by atoms with Gasteiger partial charge >= 0.3 is 5.97 Å². The number of esters is 1. The van der Waals surface area contributed by atoms with Crippen molar-refractivity contribution in [1.82, 2.24) is 5.32 Å². The first-order chi connectivity index (χ1) is 10.9. The maximum absolute atomic E-state index is 11.8. The highest BCUT2D eigenvalue weighted by atomic mass is 32.2. The van der Waals surface area contributed by atoms with Gasteiger partial charge < -0.3 is 15.4 Å². The van der Waals surface area contributed by atoms with E-state index in [9.17, 15) is 18.0 Å². The summed E-state index contributed by atoms with van der Waals surface area (Å²) >= 11 is 0. The van der Waals surface area contributed by atoms with Crippen LogP contribution < -0.4 is 10.6 Å². The van der Waals surface area contributed by atoms with Crippen LogP contribution in [0.4, 0.5) is 5.69 Å². The Morgan fingerprint density at radius 3 is 2.52 bits per heavy atom. The maximum atomic E-state index is 11.8. The van der Waals surface area contributed by atoms with E-state index in [1.807, 2.05) is 0 Å². The molecule has 0 aliphatic carbocycles. The first kappa shape index (κ1) is 17.2. The minimum Gasteiger partial charge on any atom is -0.465 e. The molecule has 0 radical (unpaired) electrons. The van der Waals surface area contributed by atoms with Crippen LogP contribution in [0, 0.1) is 0 Å². The summed E-state index contributed by atoms with van der Waals surface area (Å²) in [5.74, 6) is -0.608. The van der Waals surface area contributed by atoms with Crippen LogP contribution in [-0.2, 0) is 19.4 Å². The van der Waals surface area contributed by atoms with Crippen molar-refractivity contribution < 1.29 is 22.7 Å². The fraction of sp³-hybridized carbons (Fsp3) is 0.333. The molecule has 8 heteroatoms. The average molecular weight is 338 g/mol. The molecular weight excluding hydrogens is 320 g/mol. The van der Waals surface area contributed by atoms with Gasteiger partial charge in [-0.25, -0.2) is 13.2 Å². The summed E-state index contributed by atoms with van der Waals surface area (Å²) in [4.78, 5) is 23.1. The van der Waals surface area contributed by atoms with Crippen molar-refractivity contribution >= 4 is 27.4 Å². The molecule has 0 saturated heterocycles. The number of nitrogens with one attached hydrogen (secondary N) is 2. The predicted octanol–water partition coefficient (Wildman–Crippen LogP) is 0.702. The van der Waals surface area contributed by atoms with Crippen LogP contribution in [0.5, 0.6) is 0 Å². The van der Waals surface area contributed by atoms with Crippen LogP contribution in [0.1, 0.15) is 16.8 Å². The Morgan fingerprint density at radius 1 is 1.26 bits per heavy atom. The Balaban J connectivity index is 1.75. The lowest BCUT2D eigenvalue weighted by Gasteiger charge is -2.10. The smallest absolute Gasteiger partial charge is 0.337 e. The van der Waals surface area contributed by atoms with Crippen molar-refractivity contribution in [3.8, 4) is 0 Å². The molecule has 1 aliphatic heterocycles. The zero-order valence-electron chi connectivity index (χ0n) is 12.6. The first-order valence-corrected chi connectivity index (χ1v) is 8.74. The van der Waals surface area contributed by atoms with Gasteiger partial charge in [0.05, 0.1) is 18.4 Å². The van der Waals surface area contributed by atoms with Gasteiger partial charge in [-0.1, -0.05) is 6.08 Å². The van der Waals surface area contributed by atoms with E-state index in [1.165, 1.54) is 12.5 Å². The highest BCUT2D eigenvalue weighted by Crippen LogP contribution is 2.11. The third-order valence-corrected chi connectivity index (χ3v) is 4.67. The van der Waals surface area contributed by atoms with E-state index in [0.29, 0.717) is 17.8 Å². The van der Waals surface area contributed by atoms with Crippen LogP contribution in [-0.4, -0.2) is 45.7 Å². The van der Waals surface area contributed by atoms with Gasteiger partial charge in [-0.3, -0.25) is 4.79 Å². The third kappa shape index (κ3) is 5.19. The second-order valence-electron chi connectivity index (χ2n) is 5.09. The van der Waals surface area contributed by atoms with E-state index in [0.717, 1.165) is 0 Å². The van der Waals surface area contributed by atoms with Crippen molar-refractivity contribution in [3.05, 3.63) is 41.3 Å². The number of sulfone groups is 1. The number of carbonyl (C=O) groups is 2. The fourth-order valence-electron chi connectivity index (χ4n) is 2.10. The van der Waals surface area contributed by atoms with Crippen LogP contribution in [0.25, 0.3) is 0 Å². The van der Waals surface area contributed by atoms with Crippen LogP contribution in [0.2, 0.25) is 0 Å². The number of carbonyl (C=O) groups excluding carboxylic acids is 2. The van der Waals surface area contributed by atoms with Crippen molar-refractivity contribution in [2.75, 3.05) is 24.7 Å². The third-order valence-electron chi connectivity index (χ3n) is 3.28. The van der Waals surface area contributed by atoms with E-state index >= 15 is 0 Å². The monoisotopic (exact) mass is 338 g/mol. The summed E-state index contributed by atoms with van der Waals surface area (Å²) in [6, 6.07) is 6.11. The second-order valence-corrected chi connectivity index (χ2v) is 7.02. The van der Waals surface area contributed by atoms with Gasteiger partial charge in [-0.15, -0.1) is 0 Å². The molecule has 0 saturated carbocycles. The van der Waals surface area contributed by atoms with Crippen LogP contribution in [0.3, 0.4) is 0 Å². The Morgan fingerprint density at radius 2 is 1.96 bits per heavy atom. The van der Waals surface area contributed by atoms with Crippen LogP contribution in [0.15, 0.2) is 35.7 Å². The molecule has 0 aromatic heterocycles. The van der Waals surface area contributed by atoms with E-state index in [2.05, 4.69) is 15.4 Å². The molecular formula is C15H18N2O5S. The van der Waals surface area contributed by atoms with Gasteiger partial charge in [0.15, 0.2) is 9.84 Å². The Kier molecular flexibility index (Phi) is 5.51. The SMILES string of the molecule is COC(=O)c1ccc(NC(=O)CCN[C@H]2C=CS(=O)(=O)C2)cc1. The summed E-state index contributed by atoms with van der Waals surface area (Å²) in [6.07, 6.45) is 1.79. The minimum atomic E-state index is -3.09. The molecule has 2 rings (SSSR count). The molecule has 124 valence electrons. The molecule has 23 heavy (non-hydrogen) atoms. The van der Waals surface area contributed by atoms with Crippen molar-refractivity contribution in [1.29, 1.82) is 0 Å². The molecule has 0 bridgehead atoms. The molecule has 0 spiro atoms. The second kappa shape index (κ2) is 7.38. The normalized spacial score (nSPS) is 18.6.